The topological polar surface area (TPSA) is 12.0 Å². The number of nitrogens with one attached hydrogen (secondary N) is 1. The van der Waals surface area contributed by atoms with E-state index in [0.717, 1.165) is 5.56 Å². The van der Waals surface area contributed by atoms with E-state index in [0.29, 0.717) is 12.1 Å². The lowest BCUT2D eigenvalue weighted by atomic mass is 10.0. The predicted octanol–water partition coefficient (Wildman–Crippen LogP) is 3.60. The van der Waals surface area contributed by atoms with Gasteiger partial charge in [-0.05, 0) is 19.0 Å². The molecule has 0 amide bonds. The zero-order valence-electron chi connectivity index (χ0n) is 9.43. The van der Waals surface area contributed by atoms with Crippen molar-refractivity contribution in [3.05, 3.63) is 35.4 Å². The van der Waals surface area contributed by atoms with E-state index in [-0.39, 0.29) is 0 Å². The van der Waals surface area contributed by atoms with Crippen LogP contribution >= 0.6 is 0 Å². The van der Waals surface area contributed by atoms with Crippen LogP contribution in [0.1, 0.15) is 30.5 Å². The molecule has 0 fully saturated rings. The molecule has 0 bridgehead atoms. The van der Waals surface area contributed by atoms with Gasteiger partial charge in [0.2, 0.25) is 0 Å². The zero-order valence-corrected chi connectivity index (χ0v) is 9.43. The first-order valence-electron chi connectivity index (χ1n) is 5.29. The smallest absolute Gasteiger partial charge is 0.310 e. The predicted molar refractivity (Wildman–Crippen MR) is 58.3 cm³/mol. The molecule has 0 aliphatic rings. The highest BCUT2D eigenvalue weighted by atomic mass is 19.4. The second-order valence-corrected chi connectivity index (χ2v) is 3.84. The number of benzene rings is 1. The maximum absolute atomic E-state index is 12.4. The lowest BCUT2D eigenvalue weighted by Crippen LogP contribution is -2.26. The Morgan fingerprint density at radius 2 is 1.75 bits per heavy atom. The fourth-order valence-corrected chi connectivity index (χ4v) is 1.58. The molecule has 1 rings (SSSR count). The molecule has 1 N–H and O–H groups in total. The van der Waals surface area contributed by atoms with Gasteiger partial charge in [0.1, 0.15) is 0 Å². The third kappa shape index (κ3) is 4.23. The van der Waals surface area contributed by atoms with E-state index < -0.39 is 18.6 Å². The van der Waals surface area contributed by atoms with Crippen LogP contribution in [0.25, 0.3) is 0 Å². The minimum absolute atomic E-state index is 0.522. The summed E-state index contributed by atoms with van der Waals surface area (Å²) in [5.74, 6) is 0. The van der Waals surface area contributed by atoms with Crippen LogP contribution < -0.4 is 5.32 Å². The van der Waals surface area contributed by atoms with Gasteiger partial charge in [0, 0.05) is 6.04 Å². The Bertz CT molecular complexity index is 316. The molecule has 0 aromatic heterocycles. The van der Waals surface area contributed by atoms with Crippen LogP contribution in [-0.4, -0.2) is 12.7 Å². The van der Waals surface area contributed by atoms with Crippen molar-refractivity contribution in [3.63, 3.8) is 0 Å². The first kappa shape index (κ1) is 13.0. The van der Waals surface area contributed by atoms with E-state index in [1.54, 1.807) is 19.1 Å². The van der Waals surface area contributed by atoms with Crippen LogP contribution in [0.2, 0.25) is 0 Å². The van der Waals surface area contributed by atoms with Crippen LogP contribution in [0.5, 0.6) is 0 Å². The molecular weight excluding hydrogens is 215 g/mol. The van der Waals surface area contributed by atoms with Crippen LogP contribution in [0, 0.1) is 6.92 Å². The lowest BCUT2D eigenvalue weighted by molar-refractivity contribution is -0.140. The van der Waals surface area contributed by atoms with Gasteiger partial charge in [-0.25, -0.2) is 0 Å². The number of alkyl halides is 3. The normalized spacial score (nSPS) is 13.8. The standard InChI is InChI=1S/C12H16F3N/c1-3-16-11(8-12(13,14)15)10-6-4-9(2)5-7-10/h4-7,11,16H,3,8H2,1-2H3. The molecule has 0 saturated heterocycles. The van der Waals surface area contributed by atoms with E-state index in [4.69, 9.17) is 0 Å². The summed E-state index contributed by atoms with van der Waals surface area (Å²) in [5.41, 5.74) is 1.73. The van der Waals surface area contributed by atoms with E-state index >= 15 is 0 Å². The quantitative estimate of drug-likeness (QED) is 0.834. The van der Waals surface area contributed by atoms with Crippen molar-refractivity contribution in [3.8, 4) is 0 Å². The van der Waals surface area contributed by atoms with Gasteiger partial charge in [-0.2, -0.15) is 13.2 Å². The number of rotatable bonds is 4. The minimum atomic E-state index is -4.14. The molecule has 1 aromatic carbocycles. The van der Waals surface area contributed by atoms with Gasteiger partial charge >= 0.3 is 6.18 Å². The Morgan fingerprint density at radius 3 is 2.19 bits per heavy atom. The summed E-state index contributed by atoms with van der Waals surface area (Å²) >= 11 is 0. The molecule has 0 spiro atoms. The second kappa shape index (κ2) is 5.34. The van der Waals surface area contributed by atoms with Crippen molar-refractivity contribution in [2.45, 2.75) is 32.5 Å². The lowest BCUT2D eigenvalue weighted by Gasteiger charge is -2.20. The first-order valence-corrected chi connectivity index (χ1v) is 5.29. The monoisotopic (exact) mass is 231 g/mol. The van der Waals surface area contributed by atoms with E-state index in [2.05, 4.69) is 5.32 Å². The van der Waals surface area contributed by atoms with Crippen molar-refractivity contribution >= 4 is 0 Å². The van der Waals surface area contributed by atoms with Crippen LogP contribution in [-0.2, 0) is 0 Å². The molecule has 1 aromatic rings. The summed E-state index contributed by atoms with van der Waals surface area (Å²) in [6, 6.07) is 6.50. The fourth-order valence-electron chi connectivity index (χ4n) is 1.58. The molecule has 1 atom stereocenters. The summed E-state index contributed by atoms with van der Waals surface area (Å²) in [4.78, 5) is 0. The van der Waals surface area contributed by atoms with Crippen molar-refractivity contribution in [1.29, 1.82) is 0 Å². The van der Waals surface area contributed by atoms with E-state index in [1.807, 2.05) is 19.1 Å². The maximum Gasteiger partial charge on any atom is 0.390 e. The number of halogens is 3. The molecule has 0 heterocycles. The largest absolute Gasteiger partial charge is 0.390 e. The van der Waals surface area contributed by atoms with Crippen molar-refractivity contribution < 1.29 is 13.2 Å². The van der Waals surface area contributed by atoms with Gasteiger partial charge in [-0.15, -0.1) is 0 Å². The van der Waals surface area contributed by atoms with Crippen molar-refractivity contribution in [2.75, 3.05) is 6.54 Å². The summed E-state index contributed by atoms with van der Waals surface area (Å²) in [6.45, 7) is 4.24. The molecular formula is C12H16F3N. The fraction of sp³-hybridized carbons (Fsp3) is 0.500. The molecule has 1 unspecified atom stereocenters. The minimum Gasteiger partial charge on any atom is -0.310 e. The zero-order chi connectivity index (χ0) is 12.2. The highest BCUT2D eigenvalue weighted by Crippen LogP contribution is 2.29. The molecule has 16 heavy (non-hydrogen) atoms. The second-order valence-electron chi connectivity index (χ2n) is 3.84. The average molecular weight is 231 g/mol. The molecule has 0 aliphatic carbocycles. The van der Waals surface area contributed by atoms with Crippen molar-refractivity contribution in [1.82, 2.24) is 5.32 Å². The Balaban J connectivity index is 2.80. The molecule has 90 valence electrons. The molecule has 1 nitrogen and oxygen atoms in total. The number of hydrogen-bond donors (Lipinski definition) is 1. The summed E-state index contributed by atoms with van der Waals surface area (Å²) in [7, 11) is 0. The van der Waals surface area contributed by atoms with Gasteiger partial charge in [-0.3, -0.25) is 0 Å². The molecule has 0 aliphatic heterocycles. The molecule has 0 radical (unpaired) electrons. The Labute approximate surface area is 93.7 Å². The third-order valence-corrected chi connectivity index (χ3v) is 2.37. The van der Waals surface area contributed by atoms with Gasteiger partial charge < -0.3 is 5.32 Å². The van der Waals surface area contributed by atoms with Crippen LogP contribution in [0.4, 0.5) is 13.2 Å². The summed E-state index contributed by atoms with van der Waals surface area (Å²) < 4.78 is 37.1. The molecule has 4 heteroatoms. The van der Waals surface area contributed by atoms with Crippen molar-refractivity contribution in [2.24, 2.45) is 0 Å². The van der Waals surface area contributed by atoms with Gasteiger partial charge in [0.05, 0.1) is 6.42 Å². The Hall–Kier alpha value is -1.03. The number of aryl methyl sites for hydroxylation is 1. The Morgan fingerprint density at radius 1 is 1.19 bits per heavy atom. The SMILES string of the molecule is CCNC(CC(F)(F)F)c1ccc(C)cc1. The Kier molecular flexibility index (Phi) is 4.35. The molecule has 0 saturated carbocycles. The van der Waals surface area contributed by atoms with E-state index in [1.165, 1.54) is 0 Å². The maximum atomic E-state index is 12.4. The summed E-state index contributed by atoms with van der Waals surface area (Å²) in [5, 5.41) is 2.85. The van der Waals surface area contributed by atoms with Gasteiger partial charge in [0.25, 0.3) is 0 Å². The average Bonchev–Trinajstić information content (AvgIpc) is 2.16. The first-order chi connectivity index (χ1) is 7.42. The highest BCUT2D eigenvalue weighted by Gasteiger charge is 2.32. The van der Waals surface area contributed by atoms with Gasteiger partial charge in [0.15, 0.2) is 0 Å². The van der Waals surface area contributed by atoms with Gasteiger partial charge in [-0.1, -0.05) is 36.8 Å². The third-order valence-electron chi connectivity index (χ3n) is 2.37. The number of hydrogen-bond acceptors (Lipinski definition) is 1. The van der Waals surface area contributed by atoms with E-state index in [9.17, 15) is 13.2 Å². The van der Waals surface area contributed by atoms with Crippen LogP contribution in [0.3, 0.4) is 0 Å². The highest BCUT2D eigenvalue weighted by molar-refractivity contribution is 5.24. The summed E-state index contributed by atoms with van der Waals surface area (Å²) in [6.07, 6.45) is -4.97. The van der Waals surface area contributed by atoms with Crippen LogP contribution in [0.15, 0.2) is 24.3 Å².